The van der Waals surface area contributed by atoms with Gasteiger partial charge < -0.3 is 40.3 Å². The minimum absolute atomic E-state index is 0.195. The second-order valence-electron chi connectivity index (χ2n) is 25.3. The van der Waals surface area contributed by atoms with E-state index in [-0.39, 0.29) is 12.5 Å². The van der Waals surface area contributed by atoms with E-state index in [0.29, 0.717) is 6.42 Å². The maximum absolute atomic E-state index is 13.1. The van der Waals surface area contributed by atoms with Crippen LogP contribution in [-0.4, -0.2) is 87.5 Å². The highest BCUT2D eigenvalue weighted by atomic mass is 16.7. The second kappa shape index (κ2) is 68.2. The van der Waals surface area contributed by atoms with Crippen molar-refractivity contribution >= 4 is 5.91 Å². The maximum atomic E-state index is 13.1. The molecule has 1 rings (SSSR count). The molecular formula is C81H139NO8. The number of aliphatic hydroxyl groups is 5. The van der Waals surface area contributed by atoms with Gasteiger partial charge in [0.05, 0.1) is 25.4 Å². The first kappa shape index (κ1) is 84.3. The molecule has 1 aliphatic heterocycles. The van der Waals surface area contributed by atoms with Crippen LogP contribution in [-0.2, 0) is 14.3 Å². The third-order valence-corrected chi connectivity index (χ3v) is 17.0. The van der Waals surface area contributed by atoms with Gasteiger partial charge in [0.25, 0.3) is 0 Å². The zero-order valence-electron chi connectivity index (χ0n) is 57.9. The Balaban J connectivity index is 2.16. The van der Waals surface area contributed by atoms with Crippen LogP contribution >= 0.6 is 0 Å². The van der Waals surface area contributed by atoms with E-state index in [9.17, 15) is 30.3 Å². The SMILES string of the molecule is CC/C=C\C/C=C\C/C=C\C/C=C\C/C=C\C/C=C\C/C=C\C/C=C\C/C=C\CCCCCCCCCCCC(=O)NC(COC1OC(CO)C(O)C(O)C1O)C(O)/C=C/CC/C=C/CCCCCCCCCCCCCCCCCCCCCCCCCC. The number of allylic oxidation sites excluding steroid dienone is 21. The molecule has 7 unspecified atom stereocenters. The Bertz CT molecular complexity index is 1890. The van der Waals surface area contributed by atoms with Gasteiger partial charge in [-0.05, 0) is 103 Å². The van der Waals surface area contributed by atoms with Gasteiger partial charge in [-0.2, -0.15) is 0 Å². The Morgan fingerprint density at radius 1 is 0.389 bits per heavy atom. The van der Waals surface area contributed by atoms with Crippen molar-refractivity contribution in [1.29, 1.82) is 0 Å². The van der Waals surface area contributed by atoms with Gasteiger partial charge in [0.1, 0.15) is 24.4 Å². The molecule has 9 nitrogen and oxygen atoms in total. The van der Waals surface area contributed by atoms with Crippen molar-refractivity contribution in [3.05, 3.63) is 134 Å². The van der Waals surface area contributed by atoms with E-state index in [1.54, 1.807) is 6.08 Å². The summed E-state index contributed by atoms with van der Waals surface area (Å²) in [5.74, 6) is -0.195. The Morgan fingerprint density at radius 2 is 0.700 bits per heavy atom. The fraction of sp³-hybridized carbons (Fsp3) is 0.716. The Morgan fingerprint density at radius 3 is 1.07 bits per heavy atom. The van der Waals surface area contributed by atoms with Crippen molar-refractivity contribution < 1.29 is 39.8 Å². The van der Waals surface area contributed by atoms with Crippen LogP contribution in [0.25, 0.3) is 0 Å². The molecule has 6 N–H and O–H groups in total. The lowest BCUT2D eigenvalue weighted by Gasteiger charge is -2.40. The largest absolute Gasteiger partial charge is 0.394 e. The first-order chi connectivity index (χ1) is 44.3. The van der Waals surface area contributed by atoms with E-state index < -0.39 is 49.5 Å². The van der Waals surface area contributed by atoms with Crippen molar-refractivity contribution in [1.82, 2.24) is 5.32 Å². The number of rotatable bonds is 64. The topological polar surface area (TPSA) is 149 Å². The number of aliphatic hydroxyl groups excluding tert-OH is 5. The molecular weight excluding hydrogens is 1110 g/mol. The molecule has 90 heavy (non-hydrogen) atoms. The first-order valence-electron chi connectivity index (χ1n) is 37.4. The number of hydrogen-bond donors (Lipinski definition) is 6. The van der Waals surface area contributed by atoms with E-state index in [1.165, 1.54) is 186 Å². The average molecular weight is 1260 g/mol. The fourth-order valence-corrected chi connectivity index (χ4v) is 11.2. The molecule has 0 bridgehead atoms. The van der Waals surface area contributed by atoms with E-state index in [2.05, 4.69) is 141 Å². The predicted molar refractivity (Wildman–Crippen MR) is 387 cm³/mol. The molecule has 0 spiro atoms. The van der Waals surface area contributed by atoms with Crippen molar-refractivity contribution in [3.63, 3.8) is 0 Å². The number of hydrogen-bond acceptors (Lipinski definition) is 8. The second-order valence-corrected chi connectivity index (χ2v) is 25.3. The zero-order chi connectivity index (χ0) is 64.9. The molecule has 1 aliphatic rings. The molecule has 7 atom stereocenters. The van der Waals surface area contributed by atoms with Gasteiger partial charge in [-0.1, -0.05) is 340 Å². The van der Waals surface area contributed by atoms with Crippen LogP contribution in [0.15, 0.2) is 134 Å². The molecule has 0 aromatic rings. The molecule has 0 saturated carbocycles. The molecule has 0 aromatic carbocycles. The number of carbonyl (C=O) groups excluding carboxylic acids is 1. The van der Waals surface area contributed by atoms with Crippen LogP contribution < -0.4 is 5.32 Å². The number of amides is 1. The lowest BCUT2D eigenvalue weighted by atomic mass is 9.99. The molecule has 1 amide bonds. The quantitative estimate of drug-likeness (QED) is 0.0261. The maximum Gasteiger partial charge on any atom is 0.220 e. The predicted octanol–water partition coefficient (Wildman–Crippen LogP) is 21.1. The Hall–Kier alpha value is -3.67. The van der Waals surface area contributed by atoms with Crippen LogP contribution in [0.1, 0.15) is 316 Å². The van der Waals surface area contributed by atoms with Gasteiger partial charge in [0.15, 0.2) is 6.29 Å². The summed E-state index contributed by atoms with van der Waals surface area (Å²) < 4.78 is 11.3. The van der Waals surface area contributed by atoms with Crippen molar-refractivity contribution in [2.24, 2.45) is 0 Å². The molecule has 1 heterocycles. The molecule has 9 heteroatoms. The zero-order valence-corrected chi connectivity index (χ0v) is 57.9. The van der Waals surface area contributed by atoms with E-state index in [1.807, 2.05) is 6.08 Å². The van der Waals surface area contributed by atoms with Crippen LogP contribution in [0.2, 0.25) is 0 Å². The summed E-state index contributed by atoms with van der Waals surface area (Å²) in [6.07, 6.45) is 97.1. The molecule has 0 aliphatic carbocycles. The standard InChI is InChI=1S/C81H139NO8/c1-3-5-7-9-11-13-15-17-19-21-23-25-27-29-31-33-35-36-37-38-39-40-41-43-45-47-49-51-53-55-57-59-61-63-65-67-69-71-77(85)82-74(73-89-81-80(88)79(87)78(86)76(72-83)90-81)75(84)70-68-66-64-62-60-58-56-54-52-50-48-46-44-42-34-32-30-28-26-24-22-20-18-16-14-12-10-8-6-4-2/h5,7,11,13,17,19,23,25,29,31,35-36,38-39,41,43,47,49,60,62,68,70,74-76,78-81,83-84,86-88H,3-4,6,8-10,12,14-16,18,20-22,24,26-28,30,32-34,37,40,42,44-46,48,50-59,61,63-67,69,71-73H2,1-2H3,(H,82,85)/b7-5-,13-11-,19-17-,25-23-,31-29-,36-35-,39-38-,43-41-,49-47-,62-60+,70-68+. The molecule has 516 valence electrons. The van der Waals surface area contributed by atoms with E-state index in [0.717, 1.165) is 109 Å². The fourth-order valence-electron chi connectivity index (χ4n) is 11.2. The lowest BCUT2D eigenvalue weighted by molar-refractivity contribution is -0.302. The number of ether oxygens (including phenoxy) is 2. The smallest absolute Gasteiger partial charge is 0.220 e. The Kier molecular flexibility index (Phi) is 63.9. The summed E-state index contributed by atoms with van der Waals surface area (Å²) in [5.41, 5.74) is 0. The minimum atomic E-state index is -1.58. The first-order valence-corrected chi connectivity index (χ1v) is 37.4. The Labute approximate surface area is 553 Å². The molecule has 1 fully saturated rings. The van der Waals surface area contributed by atoms with Crippen LogP contribution in [0, 0.1) is 0 Å². The van der Waals surface area contributed by atoms with E-state index in [4.69, 9.17) is 9.47 Å². The summed E-state index contributed by atoms with van der Waals surface area (Å²) in [7, 11) is 0. The van der Waals surface area contributed by atoms with Crippen LogP contribution in [0.5, 0.6) is 0 Å². The number of nitrogens with one attached hydrogen (secondary N) is 1. The monoisotopic (exact) mass is 1250 g/mol. The van der Waals surface area contributed by atoms with Gasteiger partial charge in [-0.3, -0.25) is 4.79 Å². The molecule has 0 aromatic heterocycles. The summed E-state index contributed by atoms with van der Waals surface area (Å²) in [4.78, 5) is 13.1. The third kappa shape index (κ3) is 55.9. The summed E-state index contributed by atoms with van der Waals surface area (Å²) in [6.45, 7) is 3.67. The van der Waals surface area contributed by atoms with Gasteiger partial charge in [-0.25, -0.2) is 0 Å². The van der Waals surface area contributed by atoms with Gasteiger partial charge in [0.2, 0.25) is 5.91 Å². The summed E-state index contributed by atoms with van der Waals surface area (Å²) in [5, 5.41) is 54.8. The lowest BCUT2D eigenvalue weighted by Crippen LogP contribution is -2.60. The number of unbranched alkanes of at least 4 members (excludes halogenated alkanes) is 34. The molecule has 1 saturated heterocycles. The highest BCUT2D eigenvalue weighted by Gasteiger charge is 2.44. The van der Waals surface area contributed by atoms with E-state index >= 15 is 0 Å². The highest BCUT2D eigenvalue weighted by molar-refractivity contribution is 5.76. The van der Waals surface area contributed by atoms with Crippen molar-refractivity contribution in [2.45, 2.75) is 358 Å². The van der Waals surface area contributed by atoms with Gasteiger partial charge in [0, 0.05) is 6.42 Å². The normalized spacial score (nSPS) is 18.6. The van der Waals surface area contributed by atoms with Gasteiger partial charge >= 0.3 is 0 Å². The van der Waals surface area contributed by atoms with Crippen molar-refractivity contribution in [2.75, 3.05) is 13.2 Å². The number of carbonyl (C=O) groups is 1. The van der Waals surface area contributed by atoms with Crippen LogP contribution in [0.3, 0.4) is 0 Å². The minimum Gasteiger partial charge on any atom is -0.394 e. The molecule has 0 radical (unpaired) electrons. The van der Waals surface area contributed by atoms with Crippen LogP contribution in [0.4, 0.5) is 0 Å². The summed E-state index contributed by atoms with van der Waals surface area (Å²) >= 11 is 0. The highest BCUT2D eigenvalue weighted by Crippen LogP contribution is 2.23. The summed E-state index contributed by atoms with van der Waals surface area (Å²) in [6, 6.07) is -0.837. The van der Waals surface area contributed by atoms with Gasteiger partial charge in [-0.15, -0.1) is 0 Å². The van der Waals surface area contributed by atoms with Crippen molar-refractivity contribution in [3.8, 4) is 0 Å². The third-order valence-electron chi connectivity index (χ3n) is 17.0. The average Bonchev–Trinajstić information content (AvgIpc) is 1.28.